The van der Waals surface area contributed by atoms with E-state index in [1.54, 1.807) is 24.4 Å². The SMILES string of the molecule is O=[N+]([O-])c1ccc(-c2ccccc2)cc1-c1cc[nH]n1. The molecule has 0 saturated heterocycles. The van der Waals surface area contributed by atoms with Crippen LogP contribution in [0, 0.1) is 10.1 Å². The minimum atomic E-state index is -0.390. The van der Waals surface area contributed by atoms with Gasteiger partial charge in [0.25, 0.3) is 5.69 Å². The summed E-state index contributed by atoms with van der Waals surface area (Å²) in [6.45, 7) is 0. The van der Waals surface area contributed by atoms with Crippen LogP contribution in [0.2, 0.25) is 0 Å². The Morgan fingerprint density at radius 3 is 2.45 bits per heavy atom. The van der Waals surface area contributed by atoms with Crippen molar-refractivity contribution in [1.82, 2.24) is 10.2 Å². The molecule has 98 valence electrons. The van der Waals surface area contributed by atoms with Crippen LogP contribution in [0.5, 0.6) is 0 Å². The number of nitro benzene ring substituents is 1. The summed E-state index contributed by atoms with van der Waals surface area (Å²) in [5.74, 6) is 0. The first-order valence-corrected chi connectivity index (χ1v) is 6.10. The smallest absolute Gasteiger partial charge is 0.278 e. The van der Waals surface area contributed by atoms with Gasteiger partial charge in [0.15, 0.2) is 0 Å². The normalized spacial score (nSPS) is 10.4. The maximum Gasteiger partial charge on any atom is 0.278 e. The molecule has 0 amide bonds. The van der Waals surface area contributed by atoms with E-state index in [0.717, 1.165) is 11.1 Å². The van der Waals surface area contributed by atoms with Gasteiger partial charge < -0.3 is 0 Å². The third-order valence-corrected chi connectivity index (χ3v) is 3.08. The lowest BCUT2D eigenvalue weighted by atomic mass is 10.0. The number of aromatic amines is 1. The first kappa shape index (κ1) is 12.1. The van der Waals surface area contributed by atoms with Gasteiger partial charge in [0.05, 0.1) is 16.2 Å². The van der Waals surface area contributed by atoms with E-state index in [4.69, 9.17) is 0 Å². The van der Waals surface area contributed by atoms with Crippen molar-refractivity contribution in [2.75, 3.05) is 0 Å². The molecule has 5 nitrogen and oxygen atoms in total. The molecular formula is C15H11N3O2. The monoisotopic (exact) mass is 265 g/mol. The van der Waals surface area contributed by atoms with Crippen LogP contribution >= 0.6 is 0 Å². The Labute approximate surface area is 115 Å². The second-order valence-electron chi connectivity index (χ2n) is 4.31. The van der Waals surface area contributed by atoms with Gasteiger partial charge in [-0.15, -0.1) is 0 Å². The van der Waals surface area contributed by atoms with Crippen LogP contribution in [0.15, 0.2) is 60.8 Å². The third kappa shape index (κ3) is 2.16. The zero-order valence-electron chi connectivity index (χ0n) is 10.5. The number of benzene rings is 2. The molecule has 0 atom stereocenters. The summed E-state index contributed by atoms with van der Waals surface area (Å²) >= 11 is 0. The Morgan fingerprint density at radius 2 is 1.80 bits per heavy atom. The fourth-order valence-electron chi connectivity index (χ4n) is 2.12. The number of H-pyrrole nitrogens is 1. The quantitative estimate of drug-likeness (QED) is 0.580. The Morgan fingerprint density at radius 1 is 1.00 bits per heavy atom. The Hall–Kier alpha value is -2.95. The molecule has 5 heteroatoms. The highest BCUT2D eigenvalue weighted by Gasteiger charge is 2.17. The second kappa shape index (κ2) is 4.97. The van der Waals surface area contributed by atoms with E-state index in [9.17, 15) is 10.1 Å². The van der Waals surface area contributed by atoms with E-state index in [-0.39, 0.29) is 5.69 Å². The minimum Gasteiger partial charge on any atom is -0.285 e. The summed E-state index contributed by atoms with van der Waals surface area (Å²) in [5.41, 5.74) is 3.07. The van der Waals surface area contributed by atoms with E-state index >= 15 is 0 Å². The van der Waals surface area contributed by atoms with Crippen molar-refractivity contribution in [3.05, 3.63) is 70.9 Å². The van der Waals surface area contributed by atoms with Crippen LogP contribution in [-0.4, -0.2) is 15.1 Å². The van der Waals surface area contributed by atoms with Gasteiger partial charge in [-0.2, -0.15) is 5.10 Å². The summed E-state index contributed by atoms with van der Waals surface area (Å²) in [5, 5.41) is 17.8. The molecule has 0 radical (unpaired) electrons. The topological polar surface area (TPSA) is 71.8 Å². The predicted octanol–water partition coefficient (Wildman–Crippen LogP) is 3.65. The second-order valence-corrected chi connectivity index (χ2v) is 4.31. The molecule has 1 N–H and O–H groups in total. The molecule has 0 unspecified atom stereocenters. The maximum atomic E-state index is 11.1. The lowest BCUT2D eigenvalue weighted by Gasteiger charge is -2.05. The van der Waals surface area contributed by atoms with Crippen LogP contribution in [0.3, 0.4) is 0 Å². The number of nitrogens with one attached hydrogen (secondary N) is 1. The van der Waals surface area contributed by atoms with Crippen molar-refractivity contribution in [2.24, 2.45) is 0 Å². The molecule has 3 aromatic rings. The van der Waals surface area contributed by atoms with Gasteiger partial charge in [-0.05, 0) is 29.3 Å². The summed E-state index contributed by atoms with van der Waals surface area (Å²) in [6, 6.07) is 16.5. The Balaban J connectivity index is 2.17. The highest BCUT2D eigenvalue weighted by atomic mass is 16.6. The zero-order valence-corrected chi connectivity index (χ0v) is 10.5. The first-order valence-electron chi connectivity index (χ1n) is 6.10. The van der Waals surface area contributed by atoms with Crippen molar-refractivity contribution in [3.8, 4) is 22.4 Å². The summed E-state index contributed by atoms with van der Waals surface area (Å²) in [7, 11) is 0. The molecule has 0 aliphatic heterocycles. The average molecular weight is 265 g/mol. The van der Waals surface area contributed by atoms with Gasteiger partial charge >= 0.3 is 0 Å². The number of nitrogens with zero attached hydrogens (tertiary/aromatic N) is 2. The third-order valence-electron chi connectivity index (χ3n) is 3.08. The maximum absolute atomic E-state index is 11.1. The molecule has 0 saturated carbocycles. The van der Waals surface area contributed by atoms with Crippen LogP contribution in [0.4, 0.5) is 5.69 Å². The van der Waals surface area contributed by atoms with Gasteiger partial charge in [0.1, 0.15) is 0 Å². The molecule has 2 aromatic carbocycles. The summed E-state index contributed by atoms with van der Waals surface area (Å²) in [6.07, 6.45) is 1.65. The molecule has 20 heavy (non-hydrogen) atoms. The fourth-order valence-corrected chi connectivity index (χ4v) is 2.12. The van der Waals surface area contributed by atoms with E-state index in [1.807, 2.05) is 30.3 Å². The van der Waals surface area contributed by atoms with Gasteiger partial charge in [-0.25, -0.2) is 0 Å². The van der Waals surface area contributed by atoms with E-state index < -0.39 is 4.92 Å². The molecule has 1 heterocycles. The Kier molecular flexibility index (Phi) is 3.01. The fraction of sp³-hybridized carbons (Fsp3) is 0. The molecule has 0 bridgehead atoms. The molecule has 0 aliphatic carbocycles. The molecule has 3 rings (SSSR count). The predicted molar refractivity (Wildman–Crippen MR) is 76.1 cm³/mol. The molecule has 0 aliphatic rings. The number of nitro groups is 1. The van der Waals surface area contributed by atoms with Crippen LogP contribution in [0.25, 0.3) is 22.4 Å². The number of aromatic nitrogens is 2. The van der Waals surface area contributed by atoms with Crippen molar-refractivity contribution < 1.29 is 4.92 Å². The van der Waals surface area contributed by atoms with E-state index in [2.05, 4.69) is 10.2 Å². The largest absolute Gasteiger partial charge is 0.285 e. The Bertz CT molecular complexity index is 737. The van der Waals surface area contributed by atoms with Gasteiger partial charge in [0.2, 0.25) is 0 Å². The number of hydrogen-bond donors (Lipinski definition) is 1. The number of hydrogen-bond acceptors (Lipinski definition) is 3. The van der Waals surface area contributed by atoms with Crippen molar-refractivity contribution in [3.63, 3.8) is 0 Å². The number of rotatable bonds is 3. The van der Waals surface area contributed by atoms with Crippen molar-refractivity contribution >= 4 is 5.69 Å². The molecule has 0 spiro atoms. The average Bonchev–Trinajstić information content (AvgIpc) is 3.01. The lowest BCUT2D eigenvalue weighted by Crippen LogP contribution is -1.93. The van der Waals surface area contributed by atoms with Crippen LogP contribution in [0.1, 0.15) is 0 Å². The zero-order chi connectivity index (χ0) is 13.9. The lowest BCUT2D eigenvalue weighted by molar-refractivity contribution is -0.384. The minimum absolute atomic E-state index is 0.0526. The molecule has 1 aromatic heterocycles. The van der Waals surface area contributed by atoms with Gasteiger partial charge in [0, 0.05) is 12.3 Å². The standard InChI is InChI=1S/C15H11N3O2/c19-18(20)15-7-6-12(11-4-2-1-3-5-11)10-13(15)14-8-9-16-17-14/h1-10H,(H,16,17). The molecular weight excluding hydrogens is 254 g/mol. The van der Waals surface area contributed by atoms with E-state index in [1.165, 1.54) is 6.07 Å². The van der Waals surface area contributed by atoms with Gasteiger partial charge in [-0.1, -0.05) is 30.3 Å². The van der Waals surface area contributed by atoms with Crippen molar-refractivity contribution in [2.45, 2.75) is 0 Å². The van der Waals surface area contributed by atoms with Gasteiger partial charge in [-0.3, -0.25) is 15.2 Å². The van der Waals surface area contributed by atoms with Crippen molar-refractivity contribution in [1.29, 1.82) is 0 Å². The van der Waals surface area contributed by atoms with Crippen LogP contribution < -0.4 is 0 Å². The van der Waals surface area contributed by atoms with Crippen LogP contribution in [-0.2, 0) is 0 Å². The highest BCUT2D eigenvalue weighted by molar-refractivity contribution is 5.78. The first-order chi connectivity index (χ1) is 9.75. The van der Waals surface area contributed by atoms with E-state index in [0.29, 0.717) is 11.3 Å². The summed E-state index contributed by atoms with van der Waals surface area (Å²) < 4.78 is 0. The highest BCUT2D eigenvalue weighted by Crippen LogP contribution is 2.32. The molecule has 0 fully saturated rings. The summed E-state index contributed by atoms with van der Waals surface area (Å²) in [4.78, 5) is 10.7.